The number of halogens is 3. The summed E-state index contributed by atoms with van der Waals surface area (Å²) in [5, 5.41) is 3.32. The second kappa shape index (κ2) is 7.37. The highest BCUT2D eigenvalue weighted by molar-refractivity contribution is 9.10. The van der Waals surface area contributed by atoms with E-state index in [0.29, 0.717) is 14.5 Å². The Morgan fingerprint density at radius 3 is 2.64 bits per heavy atom. The minimum Gasteiger partial charge on any atom is -0.329 e. The number of amides is 1. The van der Waals surface area contributed by atoms with Crippen molar-refractivity contribution in [3.05, 3.63) is 70.5 Å². The number of nitrogens with one attached hydrogen (secondary N) is 1. The molecule has 3 rings (SSSR count). The van der Waals surface area contributed by atoms with Crippen LogP contribution in [-0.2, 0) is 7.05 Å². The molecule has 1 aromatic heterocycles. The average Bonchev–Trinajstić information content (AvgIpc) is 2.97. The highest BCUT2D eigenvalue weighted by atomic mass is 79.9. The molecule has 1 N–H and O–H groups in total. The van der Waals surface area contributed by atoms with Crippen LogP contribution >= 0.6 is 27.7 Å². The van der Waals surface area contributed by atoms with Crippen molar-refractivity contribution in [3.63, 3.8) is 0 Å². The molecule has 0 radical (unpaired) electrons. The highest BCUT2D eigenvalue weighted by Gasteiger charge is 2.15. The molecule has 0 aliphatic rings. The summed E-state index contributed by atoms with van der Waals surface area (Å²) in [6.45, 7) is 0. The molecule has 0 saturated carbocycles. The average molecular weight is 424 g/mol. The first-order valence-electron chi connectivity index (χ1n) is 7.15. The van der Waals surface area contributed by atoms with E-state index in [0.717, 1.165) is 6.07 Å². The van der Waals surface area contributed by atoms with Gasteiger partial charge in [-0.15, -0.1) is 0 Å². The number of aromatic nitrogens is 2. The van der Waals surface area contributed by atoms with Crippen LogP contribution in [0.5, 0.6) is 0 Å². The Kier molecular flexibility index (Phi) is 5.19. The lowest BCUT2D eigenvalue weighted by Gasteiger charge is -2.12. The molecule has 2 aromatic carbocycles. The fourth-order valence-electron chi connectivity index (χ4n) is 2.10. The van der Waals surface area contributed by atoms with E-state index < -0.39 is 17.5 Å². The van der Waals surface area contributed by atoms with Crippen molar-refractivity contribution in [2.75, 3.05) is 5.32 Å². The molecule has 8 heteroatoms. The summed E-state index contributed by atoms with van der Waals surface area (Å²) in [6, 6.07) is 7.88. The summed E-state index contributed by atoms with van der Waals surface area (Å²) in [7, 11) is 1.83. The monoisotopic (exact) mass is 423 g/mol. The number of imidazole rings is 1. The summed E-state index contributed by atoms with van der Waals surface area (Å²) < 4.78 is 29.3. The maximum absolute atomic E-state index is 13.7. The zero-order valence-corrected chi connectivity index (χ0v) is 15.4. The number of benzene rings is 2. The van der Waals surface area contributed by atoms with Crippen molar-refractivity contribution >= 4 is 39.3 Å². The van der Waals surface area contributed by atoms with Crippen LogP contribution in [0.3, 0.4) is 0 Å². The van der Waals surface area contributed by atoms with Gasteiger partial charge in [-0.05, 0) is 64.1 Å². The molecule has 0 fully saturated rings. The van der Waals surface area contributed by atoms with Crippen molar-refractivity contribution in [3.8, 4) is 0 Å². The molecule has 0 aliphatic carbocycles. The number of nitrogens with zero attached hydrogens (tertiary/aromatic N) is 2. The summed E-state index contributed by atoms with van der Waals surface area (Å²) in [4.78, 5) is 17.3. The van der Waals surface area contributed by atoms with Crippen LogP contribution < -0.4 is 5.32 Å². The van der Waals surface area contributed by atoms with E-state index in [9.17, 15) is 13.6 Å². The van der Waals surface area contributed by atoms with Crippen LogP contribution in [0.15, 0.2) is 63.3 Å². The lowest BCUT2D eigenvalue weighted by molar-refractivity contribution is 0.102. The minimum absolute atomic E-state index is 0.122. The van der Waals surface area contributed by atoms with Gasteiger partial charge in [-0.25, -0.2) is 13.8 Å². The van der Waals surface area contributed by atoms with Gasteiger partial charge in [-0.3, -0.25) is 4.79 Å². The van der Waals surface area contributed by atoms with E-state index >= 15 is 0 Å². The van der Waals surface area contributed by atoms with Crippen LogP contribution in [0.1, 0.15) is 10.4 Å². The third-order valence-electron chi connectivity index (χ3n) is 3.34. The zero-order valence-electron chi connectivity index (χ0n) is 13.0. The molecule has 0 aliphatic heterocycles. The van der Waals surface area contributed by atoms with Crippen LogP contribution in [0.4, 0.5) is 14.5 Å². The summed E-state index contributed by atoms with van der Waals surface area (Å²) in [5.74, 6) is -1.56. The standard InChI is InChI=1S/C17H12BrF2N3OS/c1-23-7-6-21-17(23)25-15-5-3-11(20)9-14(15)22-16(24)12-8-10(19)2-4-13(12)18/h2-9H,1H3,(H,22,24). The number of carbonyl (C=O) groups is 1. The normalized spacial score (nSPS) is 10.7. The van der Waals surface area contributed by atoms with Crippen LogP contribution in [0.2, 0.25) is 0 Å². The molecule has 0 saturated heterocycles. The molecule has 25 heavy (non-hydrogen) atoms. The molecule has 0 spiro atoms. The molecule has 4 nitrogen and oxygen atoms in total. The third-order valence-corrected chi connectivity index (χ3v) is 5.18. The van der Waals surface area contributed by atoms with Crippen molar-refractivity contribution in [2.24, 2.45) is 7.05 Å². The Bertz CT molecular complexity index is 945. The summed E-state index contributed by atoms with van der Waals surface area (Å²) >= 11 is 4.50. The molecule has 0 atom stereocenters. The van der Waals surface area contributed by atoms with E-state index in [4.69, 9.17) is 0 Å². The van der Waals surface area contributed by atoms with Gasteiger partial charge in [0, 0.05) is 28.8 Å². The van der Waals surface area contributed by atoms with Gasteiger partial charge >= 0.3 is 0 Å². The smallest absolute Gasteiger partial charge is 0.256 e. The van der Waals surface area contributed by atoms with E-state index in [1.165, 1.54) is 36.0 Å². The second-order valence-electron chi connectivity index (χ2n) is 5.14. The van der Waals surface area contributed by atoms with Crippen LogP contribution in [-0.4, -0.2) is 15.5 Å². The molecule has 128 valence electrons. The topological polar surface area (TPSA) is 46.9 Å². The number of hydrogen-bond donors (Lipinski definition) is 1. The zero-order chi connectivity index (χ0) is 18.0. The fourth-order valence-corrected chi connectivity index (χ4v) is 3.40. The van der Waals surface area contributed by atoms with Gasteiger partial charge in [0.05, 0.1) is 11.3 Å². The van der Waals surface area contributed by atoms with E-state index in [1.54, 1.807) is 18.5 Å². The molecule has 1 amide bonds. The van der Waals surface area contributed by atoms with E-state index in [2.05, 4.69) is 26.2 Å². The lowest BCUT2D eigenvalue weighted by atomic mass is 10.2. The first-order chi connectivity index (χ1) is 11.9. The Balaban J connectivity index is 1.91. The molecular weight excluding hydrogens is 412 g/mol. The van der Waals surface area contributed by atoms with Gasteiger partial charge in [0.1, 0.15) is 11.6 Å². The van der Waals surface area contributed by atoms with Crippen LogP contribution in [0.25, 0.3) is 0 Å². The Morgan fingerprint density at radius 1 is 1.20 bits per heavy atom. The highest BCUT2D eigenvalue weighted by Crippen LogP contribution is 2.33. The predicted octanol–water partition coefficient (Wildman–Crippen LogP) is 4.86. The number of rotatable bonds is 4. The number of aryl methyl sites for hydroxylation is 1. The molecule has 1 heterocycles. The predicted molar refractivity (Wildman–Crippen MR) is 95.8 cm³/mol. The summed E-state index contributed by atoms with van der Waals surface area (Å²) in [5.41, 5.74) is 0.409. The SMILES string of the molecule is Cn1ccnc1Sc1ccc(F)cc1NC(=O)c1cc(F)ccc1Br. The van der Waals surface area contributed by atoms with Gasteiger partial charge in [0.25, 0.3) is 5.91 Å². The number of carbonyl (C=O) groups excluding carboxylic acids is 1. The quantitative estimate of drug-likeness (QED) is 0.651. The van der Waals surface area contributed by atoms with Crippen molar-refractivity contribution in [2.45, 2.75) is 10.1 Å². The lowest BCUT2D eigenvalue weighted by Crippen LogP contribution is -2.14. The van der Waals surface area contributed by atoms with Crippen molar-refractivity contribution in [1.29, 1.82) is 0 Å². The maximum atomic E-state index is 13.7. The third kappa shape index (κ3) is 4.08. The van der Waals surface area contributed by atoms with Gasteiger partial charge < -0.3 is 9.88 Å². The van der Waals surface area contributed by atoms with Gasteiger partial charge in [-0.1, -0.05) is 0 Å². The van der Waals surface area contributed by atoms with Crippen molar-refractivity contribution < 1.29 is 13.6 Å². The molecular formula is C17H12BrF2N3OS. The largest absolute Gasteiger partial charge is 0.329 e. The van der Waals surface area contributed by atoms with Gasteiger partial charge in [0.15, 0.2) is 5.16 Å². The van der Waals surface area contributed by atoms with Gasteiger partial charge in [0.2, 0.25) is 0 Å². The van der Waals surface area contributed by atoms with E-state index in [-0.39, 0.29) is 11.3 Å². The minimum atomic E-state index is -0.543. The van der Waals surface area contributed by atoms with Crippen LogP contribution in [0, 0.1) is 11.6 Å². The fraction of sp³-hybridized carbons (Fsp3) is 0.0588. The number of anilines is 1. The molecule has 0 unspecified atom stereocenters. The summed E-state index contributed by atoms with van der Waals surface area (Å²) in [6.07, 6.45) is 3.43. The number of hydrogen-bond acceptors (Lipinski definition) is 3. The molecule has 3 aromatic rings. The Hall–Kier alpha value is -2.19. The first kappa shape index (κ1) is 17.6. The van der Waals surface area contributed by atoms with Crippen molar-refractivity contribution in [1.82, 2.24) is 9.55 Å². The molecule has 0 bridgehead atoms. The van der Waals surface area contributed by atoms with E-state index in [1.807, 2.05) is 11.6 Å². The first-order valence-corrected chi connectivity index (χ1v) is 8.76. The Morgan fingerprint density at radius 2 is 1.92 bits per heavy atom. The Labute approximate surface area is 155 Å². The van der Waals surface area contributed by atoms with Gasteiger partial charge in [-0.2, -0.15) is 0 Å². The maximum Gasteiger partial charge on any atom is 0.256 e. The second-order valence-corrected chi connectivity index (χ2v) is 7.00.